The first-order chi connectivity index (χ1) is 12.2. The maximum absolute atomic E-state index is 12.5. The number of ether oxygens (including phenoxy) is 1. The predicted molar refractivity (Wildman–Crippen MR) is 98.1 cm³/mol. The molecule has 0 fully saturated rings. The van der Waals surface area contributed by atoms with Gasteiger partial charge in [0.15, 0.2) is 5.69 Å². The number of nitrogens with zero attached hydrogens (tertiary/aromatic N) is 2. The minimum Gasteiger partial charge on any atom is -0.497 e. The fourth-order valence-corrected chi connectivity index (χ4v) is 2.50. The van der Waals surface area contributed by atoms with Crippen molar-refractivity contribution >= 4 is 5.91 Å². The van der Waals surface area contributed by atoms with Crippen LogP contribution in [0.4, 0.5) is 0 Å². The highest BCUT2D eigenvalue weighted by Gasteiger charge is 2.18. The molecule has 1 heterocycles. The molecule has 5 nitrogen and oxygen atoms in total. The highest BCUT2D eigenvalue weighted by molar-refractivity contribution is 5.99. The maximum Gasteiger partial charge on any atom is 0.272 e. The van der Waals surface area contributed by atoms with Crippen LogP contribution in [-0.4, -0.2) is 29.3 Å². The molecule has 5 heteroatoms. The number of hydrogen-bond acceptors (Lipinski definition) is 3. The van der Waals surface area contributed by atoms with Crippen LogP contribution >= 0.6 is 0 Å². The fourth-order valence-electron chi connectivity index (χ4n) is 2.50. The van der Waals surface area contributed by atoms with Gasteiger partial charge in [-0.2, -0.15) is 5.10 Å². The molecule has 0 bridgehead atoms. The van der Waals surface area contributed by atoms with Crippen molar-refractivity contribution < 1.29 is 9.53 Å². The molecular formula is C20H19N3O2. The lowest BCUT2D eigenvalue weighted by atomic mass is 10.1. The molecule has 0 saturated heterocycles. The zero-order valence-electron chi connectivity index (χ0n) is 14.0. The van der Waals surface area contributed by atoms with Gasteiger partial charge in [-0.3, -0.25) is 4.79 Å². The second-order valence-corrected chi connectivity index (χ2v) is 5.40. The second-order valence-electron chi connectivity index (χ2n) is 5.40. The largest absolute Gasteiger partial charge is 0.497 e. The van der Waals surface area contributed by atoms with Crippen molar-refractivity contribution in [3.8, 4) is 22.6 Å². The molecule has 0 atom stereocenters. The molecule has 3 aromatic rings. The average molecular weight is 333 g/mol. The lowest BCUT2D eigenvalue weighted by Gasteiger charge is -2.04. The van der Waals surface area contributed by atoms with Gasteiger partial charge < -0.3 is 10.1 Å². The van der Waals surface area contributed by atoms with Crippen molar-refractivity contribution in [2.45, 2.75) is 0 Å². The molecule has 0 saturated carbocycles. The van der Waals surface area contributed by atoms with Crippen molar-refractivity contribution in [3.63, 3.8) is 0 Å². The summed E-state index contributed by atoms with van der Waals surface area (Å²) >= 11 is 0. The molecule has 126 valence electrons. The average Bonchev–Trinajstić information content (AvgIpc) is 3.12. The van der Waals surface area contributed by atoms with E-state index in [1.54, 1.807) is 17.9 Å². The Hall–Kier alpha value is -3.34. The number of carbonyl (C=O) groups is 1. The summed E-state index contributed by atoms with van der Waals surface area (Å²) in [4.78, 5) is 12.5. The SMILES string of the molecule is C=CCNC(=O)c1nn(-c2cccc(OC)c2)cc1-c1ccccc1. The number of aromatic nitrogens is 2. The van der Waals surface area contributed by atoms with Crippen molar-refractivity contribution in [1.29, 1.82) is 0 Å². The molecule has 0 aliphatic heterocycles. The number of carbonyl (C=O) groups excluding carboxylic acids is 1. The number of benzene rings is 2. The molecule has 3 rings (SSSR count). The summed E-state index contributed by atoms with van der Waals surface area (Å²) in [7, 11) is 1.62. The molecule has 0 aliphatic rings. The summed E-state index contributed by atoms with van der Waals surface area (Å²) in [6.45, 7) is 4.01. The van der Waals surface area contributed by atoms with E-state index in [1.807, 2.05) is 60.8 Å². The van der Waals surface area contributed by atoms with Crippen LogP contribution in [0, 0.1) is 0 Å². The van der Waals surface area contributed by atoms with E-state index in [4.69, 9.17) is 4.74 Å². The molecule has 25 heavy (non-hydrogen) atoms. The van der Waals surface area contributed by atoms with Gasteiger partial charge >= 0.3 is 0 Å². The summed E-state index contributed by atoms with van der Waals surface area (Å²) in [6, 6.07) is 17.2. The standard InChI is InChI=1S/C20H19N3O2/c1-3-12-21-20(24)19-18(15-8-5-4-6-9-15)14-23(22-19)16-10-7-11-17(13-16)25-2/h3-11,13-14H,1,12H2,2H3,(H,21,24). The van der Waals surface area contributed by atoms with Crippen molar-refractivity contribution in [1.82, 2.24) is 15.1 Å². The molecule has 0 radical (unpaired) electrons. The van der Waals surface area contributed by atoms with Crippen LogP contribution < -0.4 is 10.1 Å². The summed E-state index contributed by atoms with van der Waals surface area (Å²) in [5.74, 6) is 0.493. The zero-order valence-corrected chi connectivity index (χ0v) is 14.0. The first kappa shape index (κ1) is 16.5. The van der Waals surface area contributed by atoms with Gasteiger partial charge in [0.05, 0.1) is 12.8 Å². The highest BCUT2D eigenvalue weighted by atomic mass is 16.5. The number of hydrogen-bond donors (Lipinski definition) is 1. The van der Waals surface area contributed by atoms with Crippen molar-refractivity contribution in [2.75, 3.05) is 13.7 Å². The van der Waals surface area contributed by atoms with Crippen LogP contribution in [0.2, 0.25) is 0 Å². The molecule has 1 aromatic heterocycles. The van der Waals surface area contributed by atoms with E-state index in [0.717, 1.165) is 22.6 Å². The van der Waals surface area contributed by atoms with Gasteiger partial charge in [-0.1, -0.05) is 42.5 Å². The molecule has 2 aromatic carbocycles. The van der Waals surface area contributed by atoms with Gasteiger partial charge in [0, 0.05) is 24.4 Å². The summed E-state index contributed by atoms with van der Waals surface area (Å²) < 4.78 is 6.96. The van der Waals surface area contributed by atoms with Crippen LogP contribution in [0.15, 0.2) is 73.4 Å². The Kier molecular flexibility index (Phi) is 4.95. The third-order valence-electron chi connectivity index (χ3n) is 3.74. The second kappa shape index (κ2) is 7.49. The van der Waals surface area contributed by atoms with Crippen LogP contribution in [0.3, 0.4) is 0 Å². The fraction of sp³-hybridized carbons (Fsp3) is 0.100. The minimum atomic E-state index is -0.236. The van der Waals surface area contributed by atoms with E-state index in [-0.39, 0.29) is 5.91 Å². The van der Waals surface area contributed by atoms with Crippen molar-refractivity contribution in [2.24, 2.45) is 0 Å². The van der Waals surface area contributed by atoms with E-state index in [0.29, 0.717) is 12.2 Å². The van der Waals surface area contributed by atoms with Crippen LogP contribution in [0.5, 0.6) is 5.75 Å². The Morgan fingerprint density at radius 3 is 2.76 bits per heavy atom. The summed E-state index contributed by atoms with van der Waals surface area (Å²) in [5.41, 5.74) is 2.89. The first-order valence-corrected chi connectivity index (χ1v) is 7.91. The van der Waals surface area contributed by atoms with Crippen LogP contribution in [-0.2, 0) is 0 Å². The Morgan fingerprint density at radius 1 is 1.24 bits per heavy atom. The van der Waals surface area contributed by atoms with Gasteiger partial charge in [0.2, 0.25) is 0 Å². The smallest absolute Gasteiger partial charge is 0.272 e. The molecule has 1 N–H and O–H groups in total. The van der Waals surface area contributed by atoms with E-state index in [2.05, 4.69) is 17.0 Å². The highest BCUT2D eigenvalue weighted by Crippen LogP contribution is 2.25. The third-order valence-corrected chi connectivity index (χ3v) is 3.74. The number of rotatable bonds is 6. The molecule has 0 spiro atoms. The van der Waals surface area contributed by atoms with E-state index in [1.165, 1.54) is 0 Å². The molecule has 0 unspecified atom stereocenters. The molecule has 1 amide bonds. The minimum absolute atomic E-state index is 0.236. The number of nitrogens with one attached hydrogen (secondary N) is 1. The Balaban J connectivity index is 2.07. The lowest BCUT2D eigenvalue weighted by Crippen LogP contribution is -2.24. The first-order valence-electron chi connectivity index (χ1n) is 7.91. The normalized spacial score (nSPS) is 10.3. The van der Waals surface area contributed by atoms with Gasteiger partial charge in [-0.15, -0.1) is 6.58 Å². The van der Waals surface area contributed by atoms with Crippen LogP contribution in [0.25, 0.3) is 16.8 Å². The Bertz CT molecular complexity index is 885. The molecule has 0 aliphatic carbocycles. The Morgan fingerprint density at radius 2 is 2.04 bits per heavy atom. The topological polar surface area (TPSA) is 56.2 Å². The van der Waals surface area contributed by atoms with Crippen LogP contribution in [0.1, 0.15) is 10.5 Å². The molecular weight excluding hydrogens is 314 g/mol. The van der Waals surface area contributed by atoms with Gasteiger partial charge in [-0.25, -0.2) is 4.68 Å². The van der Waals surface area contributed by atoms with Gasteiger partial charge in [-0.05, 0) is 17.7 Å². The van der Waals surface area contributed by atoms with Crippen molar-refractivity contribution in [3.05, 3.63) is 79.1 Å². The maximum atomic E-state index is 12.5. The zero-order chi connectivity index (χ0) is 17.6. The van der Waals surface area contributed by atoms with E-state index < -0.39 is 0 Å². The number of methoxy groups -OCH3 is 1. The predicted octanol–water partition coefficient (Wildman–Crippen LogP) is 3.46. The third kappa shape index (κ3) is 3.61. The lowest BCUT2D eigenvalue weighted by molar-refractivity contribution is 0.0953. The number of amides is 1. The van der Waals surface area contributed by atoms with E-state index in [9.17, 15) is 4.79 Å². The van der Waals surface area contributed by atoms with E-state index >= 15 is 0 Å². The van der Waals surface area contributed by atoms with Gasteiger partial charge in [0.1, 0.15) is 5.75 Å². The summed E-state index contributed by atoms with van der Waals surface area (Å²) in [6.07, 6.45) is 3.49. The van der Waals surface area contributed by atoms with Gasteiger partial charge in [0.25, 0.3) is 5.91 Å². The quantitative estimate of drug-likeness (QED) is 0.703. The summed E-state index contributed by atoms with van der Waals surface area (Å²) in [5, 5.41) is 7.29. The monoisotopic (exact) mass is 333 g/mol. The Labute approximate surface area is 146 Å².